The van der Waals surface area contributed by atoms with Gasteiger partial charge in [-0.3, -0.25) is 0 Å². The van der Waals surface area contributed by atoms with E-state index in [1.165, 1.54) is 26.4 Å². The summed E-state index contributed by atoms with van der Waals surface area (Å²) in [4.78, 5) is 17.6. The van der Waals surface area contributed by atoms with E-state index in [0.29, 0.717) is 52.1 Å². The third kappa shape index (κ3) is 4.29. The number of likely N-dealkylation sites (N-methyl/N-ethyl adjacent to an activating group) is 1. The predicted molar refractivity (Wildman–Crippen MR) is 152 cm³/mol. The molecule has 1 saturated heterocycles. The number of aliphatic hydroxyl groups is 1. The average Bonchev–Trinajstić information content (AvgIpc) is 3.38. The summed E-state index contributed by atoms with van der Waals surface area (Å²) >= 11 is 6.28. The molecule has 0 radical (unpaired) electrons. The largest absolute Gasteiger partial charge is 0.496 e. The Morgan fingerprint density at radius 3 is 2.46 bits per heavy atom. The zero-order valence-electron chi connectivity index (χ0n) is 23.2. The smallest absolute Gasteiger partial charge is 0.317 e. The summed E-state index contributed by atoms with van der Waals surface area (Å²) in [5.74, 6) is 0.230. The monoisotopic (exact) mass is 581 g/mol. The van der Waals surface area contributed by atoms with Gasteiger partial charge in [0.05, 0.1) is 25.8 Å². The van der Waals surface area contributed by atoms with Gasteiger partial charge < -0.3 is 34.4 Å². The summed E-state index contributed by atoms with van der Waals surface area (Å²) in [7, 11) is 5.07. The molecule has 6 rings (SSSR count). The minimum Gasteiger partial charge on any atom is -0.496 e. The van der Waals surface area contributed by atoms with E-state index in [2.05, 4.69) is 10.2 Å². The number of piperazine rings is 1. The molecule has 2 aliphatic heterocycles. The fraction of sp³-hybridized carbons (Fsp3) is 0.387. The van der Waals surface area contributed by atoms with Crippen LogP contribution >= 0.6 is 11.6 Å². The maximum Gasteiger partial charge on any atom is 0.317 e. The highest BCUT2D eigenvalue weighted by Crippen LogP contribution is 2.68. The number of halogens is 2. The van der Waals surface area contributed by atoms with Crippen LogP contribution in [0.1, 0.15) is 29.0 Å². The average molecular weight is 582 g/mol. The molecule has 41 heavy (non-hydrogen) atoms. The van der Waals surface area contributed by atoms with Crippen LogP contribution in [-0.4, -0.2) is 74.4 Å². The van der Waals surface area contributed by atoms with Crippen LogP contribution in [-0.2, 0) is 11.2 Å². The molecule has 0 aromatic heterocycles. The van der Waals surface area contributed by atoms with Gasteiger partial charge in [0.15, 0.2) is 11.2 Å². The number of nitrogens with zero attached hydrogens (tertiary/aromatic N) is 2. The van der Waals surface area contributed by atoms with Crippen LogP contribution in [0.3, 0.4) is 0 Å². The number of rotatable bonds is 5. The first-order valence-corrected chi connectivity index (χ1v) is 14.0. The number of carbonyl (C=O) groups excluding carboxylic acids is 1. The molecule has 216 valence electrons. The van der Waals surface area contributed by atoms with E-state index in [9.17, 15) is 14.3 Å². The molecule has 0 bridgehead atoms. The van der Waals surface area contributed by atoms with Crippen LogP contribution in [0.4, 0.5) is 9.18 Å². The molecule has 3 aliphatic rings. The lowest BCUT2D eigenvalue weighted by molar-refractivity contribution is -0.116. The van der Waals surface area contributed by atoms with Crippen molar-refractivity contribution >= 4 is 17.6 Å². The fourth-order valence-corrected chi connectivity index (χ4v) is 6.89. The van der Waals surface area contributed by atoms with Crippen LogP contribution in [0.25, 0.3) is 0 Å². The van der Waals surface area contributed by atoms with Crippen molar-refractivity contribution in [2.75, 3.05) is 47.4 Å². The van der Waals surface area contributed by atoms with Gasteiger partial charge in [-0.05, 0) is 48.9 Å². The van der Waals surface area contributed by atoms with Crippen molar-refractivity contribution in [3.05, 3.63) is 88.2 Å². The summed E-state index contributed by atoms with van der Waals surface area (Å²) in [6.07, 6.45) is 0.274. The number of ether oxygens (including phenoxy) is 3. The van der Waals surface area contributed by atoms with Crippen LogP contribution < -0.4 is 19.5 Å². The van der Waals surface area contributed by atoms with Crippen LogP contribution in [0, 0.1) is 5.82 Å². The number of hydrogen-bond acceptors (Lipinski definition) is 6. The first-order chi connectivity index (χ1) is 19.7. The Kier molecular flexibility index (Phi) is 7.00. The van der Waals surface area contributed by atoms with Crippen LogP contribution in [0.2, 0.25) is 5.02 Å². The molecular weight excluding hydrogens is 549 g/mol. The number of methoxy groups -OCH3 is 2. The lowest BCUT2D eigenvalue weighted by Crippen LogP contribution is -2.59. The Morgan fingerprint density at radius 1 is 1.07 bits per heavy atom. The van der Waals surface area contributed by atoms with E-state index in [1.807, 2.05) is 13.1 Å². The SMILES string of the molecule is COc1cc(OC)c2c(c1)O[C@]1(c3ccc(Cl)cc3)[C@@H](c3cccc(F)c3)C[C@@H](NC(=O)N3CCN(C)CC3)[C@]21O. The number of benzene rings is 3. The molecule has 10 heteroatoms. The molecule has 8 nitrogen and oxygen atoms in total. The molecule has 4 atom stereocenters. The van der Waals surface area contributed by atoms with E-state index < -0.39 is 29.0 Å². The Bertz CT molecular complexity index is 1460. The standard InChI is InChI=1S/C31H33ClFN3O5/c1-35-11-13-36(14-12-35)29(37)34-27-18-24(19-5-4-6-22(33)15-19)31(20-7-9-21(32)10-8-20)30(27,38)28-25(40-3)16-23(39-2)17-26(28)41-31/h4-10,15-17,24,27,38H,11-14,18H2,1-3H3,(H,34,37)/t24-,27-,30+,31-/m1/s1. The summed E-state index contributed by atoms with van der Waals surface area (Å²) in [6, 6.07) is 15.7. The summed E-state index contributed by atoms with van der Waals surface area (Å²) in [5.41, 5.74) is -1.61. The molecule has 2 amide bonds. The lowest BCUT2D eigenvalue weighted by Gasteiger charge is -2.42. The number of hydrogen-bond donors (Lipinski definition) is 2. The van der Waals surface area contributed by atoms with Crippen LogP contribution in [0.15, 0.2) is 60.7 Å². The van der Waals surface area contributed by atoms with Crippen molar-refractivity contribution in [3.8, 4) is 17.2 Å². The predicted octanol–water partition coefficient (Wildman–Crippen LogP) is 4.48. The Balaban J connectivity index is 1.56. The highest BCUT2D eigenvalue weighted by atomic mass is 35.5. The second-order valence-corrected chi connectivity index (χ2v) is 11.4. The second kappa shape index (κ2) is 10.4. The van der Waals surface area contributed by atoms with Gasteiger partial charge in [-0.15, -0.1) is 0 Å². The lowest BCUT2D eigenvalue weighted by atomic mass is 9.71. The summed E-state index contributed by atoms with van der Waals surface area (Å²) < 4.78 is 32.8. The van der Waals surface area contributed by atoms with E-state index in [-0.39, 0.29) is 12.5 Å². The highest BCUT2D eigenvalue weighted by molar-refractivity contribution is 6.30. The van der Waals surface area contributed by atoms with Crippen molar-refractivity contribution < 1.29 is 28.5 Å². The molecule has 2 fully saturated rings. The van der Waals surface area contributed by atoms with Crippen molar-refractivity contribution in [3.63, 3.8) is 0 Å². The van der Waals surface area contributed by atoms with E-state index in [1.54, 1.807) is 47.4 Å². The van der Waals surface area contributed by atoms with Gasteiger partial charge in [0.2, 0.25) is 0 Å². The first kappa shape index (κ1) is 27.6. The molecule has 3 aromatic rings. The minimum atomic E-state index is -1.81. The molecule has 0 unspecified atom stereocenters. The highest BCUT2D eigenvalue weighted by Gasteiger charge is 2.74. The molecular formula is C31H33ClFN3O5. The topological polar surface area (TPSA) is 83.5 Å². The number of carbonyl (C=O) groups is 1. The second-order valence-electron chi connectivity index (χ2n) is 10.9. The maximum atomic E-state index is 14.7. The molecule has 2 heterocycles. The number of amides is 2. The van der Waals surface area contributed by atoms with Crippen molar-refractivity contribution in [2.45, 2.75) is 29.6 Å². The number of urea groups is 1. The van der Waals surface area contributed by atoms with Crippen molar-refractivity contribution in [2.24, 2.45) is 0 Å². The van der Waals surface area contributed by atoms with E-state index >= 15 is 0 Å². The number of fused-ring (bicyclic) bond motifs is 3. The van der Waals surface area contributed by atoms with Crippen molar-refractivity contribution in [1.82, 2.24) is 15.1 Å². The van der Waals surface area contributed by atoms with Crippen molar-refractivity contribution in [1.29, 1.82) is 0 Å². The zero-order chi connectivity index (χ0) is 28.9. The fourth-order valence-electron chi connectivity index (χ4n) is 6.76. The molecule has 0 spiro atoms. The first-order valence-electron chi connectivity index (χ1n) is 13.6. The summed E-state index contributed by atoms with van der Waals surface area (Å²) in [5, 5.41) is 16.8. The number of nitrogens with one attached hydrogen (secondary N) is 1. The van der Waals surface area contributed by atoms with Crippen LogP contribution in [0.5, 0.6) is 17.2 Å². The minimum absolute atomic E-state index is 0.274. The quantitative estimate of drug-likeness (QED) is 0.462. The van der Waals surface area contributed by atoms with Gasteiger partial charge in [-0.25, -0.2) is 9.18 Å². The normalized spacial score (nSPS) is 27.1. The Hall–Kier alpha value is -3.53. The van der Waals surface area contributed by atoms with Gasteiger partial charge in [0.1, 0.15) is 23.1 Å². The Morgan fingerprint density at radius 2 is 1.80 bits per heavy atom. The van der Waals surface area contributed by atoms with Gasteiger partial charge >= 0.3 is 6.03 Å². The van der Waals surface area contributed by atoms with Gasteiger partial charge in [0, 0.05) is 49.3 Å². The maximum absolute atomic E-state index is 14.7. The van der Waals surface area contributed by atoms with Gasteiger partial charge in [-0.2, -0.15) is 0 Å². The third-order valence-corrected chi connectivity index (χ3v) is 9.04. The molecule has 2 N–H and O–H groups in total. The molecule has 3 aromatic carbocycles. The van der Waals surface area contributed by atoms with Gasteiger partial charge in [0.25, 0.3) is 0 Å². The third-order valence-electron chi connectivity index (χ3n) is 8.79. The molecule has 1 saturated carbocycles. The Labute approximate surface area is 243 Å². The van der Waals surface area contributed by atoms with E-state index in [4.69, 9.17) is 25.8 Å². The van der Waals surface area contributed by atoms with Gasteiger partial charge in [-0.1, -0.05) is 35.9 Å². The zero-order valence-corrected chi connectivity index (χ0v) is 24.0. The molecule has 1 aliphatic carbocycles. The summed E-state index contributed by atoms with van der Waals surface area (Å²) in [6.45, 7) is 2.64. The van der Waals surface area contributed by atoms with E-state index in [0.717, 1.165) is 13.1 Å².